The van der Waals surface area contributed by atoms with Crippen LogP contribution in [-0.2, 0) is 11.2 Å². The lowest BCUT2D eigenvalue weighted by atomic mass is 10.1. The third-order valence-corrected chi connectivity index (χ3v) is 3.30. The molecule has 0 aliphatic carbocycles. The molecule has 0 spiro atoms. The van der Waals surface area contributed by atoms with Gasteiger partial charge in [0.2, 0.25) is 5.91 Å². The normalized spacial score (nSPS) is 11.8. The van der Waals surface area contributed by atoms with Crippen molar-refractivity contribution in [3.8, 4) is 0 Å². The lowest BCUT2D eigenvalue weighted by Crippen LogP contribution is -2.26. The fourth-order valence-electron chi connectivity index (χ4n) is 2.15. The van der Waals surface area contributed by atoms with Crippen molar-refractivity contribution >= 4 is 5.91 Å². The van der Waals surface area contributed by atoms with Crippen molar-refractivity contribution in [1.82, 2.24) is 10.3 Å². The van der Waals surface area contributed by atoms with E-state index in [0.29, 0.717) is 6.42 Å². The molecule has 1 amide bonds. The largest absolute Gasteiger partial charge is 0.350 e. The second-order valence-corrected chi connectivity index (χ2v) is 4.91. The van der Waals surface area contributed by atoms with Crippen molar-refractivity contribution in [2.45, 2.75) is 32.2 Å². The highest BCUT2D eigenvalue weighted by atomic mass is 16.1. The van der Waals surface area contributed by atoms with E-state index in [4.69, 9.17) is 0 Å². The van der Waals surface area contributed by atoms with Gasteiger partial charge in [-0.1, -0.05) is 30.3 Å². The van der Waals surface area contributed by atoms with Crippen molar-refractivity contribution in [1.29, 1.82) is 0 Å². The van der Waals surface area contributed by atoms with Gasteiger partial charge >= 0.3 is 0 Å². The van der Waals surface area contributed by atoms with Gasteiger partial charge in [-0.25, -0.2) is 0 Å². The summed E-state index contributed by atoms with van der Waals surface area (Å²) in [6.07, 6.45) is 5.86. The molecule has 20 heavy (non-hydrogen) atoms. The highest BCUT2D eigenvalue weighted by Gasteiger charge is 2.08. The van der Waals surface area contributed by atoms with Gasteiger partial charge in [0, 0.05) is 18.8 Å². The molecule has 1 heterocycles. The number of aryl methyl sites for hydroxylation is 1. The summed E-state index contributed by atoms with van der Waals surface area (Å²) in [6, 6.07) is 14.1. The molecule has 3 nitrogen and oxygen atoms in total. The van der Waals surface area contributed by atoms with Crippen molar-refractivity contribution in [3.63, 3.8) is 0 Å². The Labute approximate surface area is 120 Å². The standard InChI is InChI=1S/C17H20N2O/c1-14(16-10-12-18-13-11-16)19-17(20)9-5-8-15-6-3-2-4-7-15/h2-4,6-7,10-14H,5,8-9H2,1H3,(H,19,20)/t14-/m1/s1. The van der Waals surface area contributed by atoms with Crippen LogP contribution in [0.5, 0.6) is 0 Å². The summed E-state index contributed by atoms with van der Waals surface area (Å²) in [7, 11) is 0. The van der Waals surface area contributed by atoms with E-state index in [1.54, 1.807) is 12.4 Å². The molecule has 1 aromatic carbocycles. The van der Waals surface area contributed by atoms with Crippen molar-refractivity contribution in [2.24, 2.45) is 0 Å². The van der Waals surface area contributed by atoms with Crippen LogP contribution >= 0.6 is 0 Å². The van der Waals surface area contributed by atoms with E-state index in [2.05, 4.69) is 22.4 Å². The van der Waals surface area contributed by atoms with Crippen LogP contribution in [0, 0.1) is 0 Å². The molecule has 0 aliphatic heterocycles. The summed E-state index contributed by atoms with van der Waals surface area (Å²) in [4.78, 5) is 15.9. The van der Waals surface area contributed by atoms with Crippen molar-refractivity contribution in [2.75, 3.05) is 0 Å². The van der Waals surface area contributed by atoms with E-state index in [0.717, 1.165) is 18.4 Å². The molecule has 1 N–H and O–H groups in total. The maximum Gasteiger partial charge on any atom is 0.220 e. The summed E-state index contributed by atoms with van der Waals surface area (Å²) in [5.41, 5.74) is 2.36. The summed E-state index contributed by atoms with van der Waals surface area (Å²) in [5, 5.41) is 3.02. The minimum Gasteiger partial charge on any atom is -0.350 e. The van der Waals surface area contributed by atoms with E-state index in [1.807, 2.05) is 37.3 Å². The average Bonchev–Trinajstić information content (AvgIpc) is 2.49. The van der Waals surface area contributed by atoms with Crippen molar-refractivity contribution in [3.05, 3.63) is 66.0 Å². The summed E-state index contributed by atoms with van der Waals surface area (Å²) in [5.74, 6) is 0.102. The van der Waals surface area contributed by atoms with Crippen molar-refractivity contribution < 1.29 is 4.79 Å². The zero-order valence-electron chi connectivity index (χ0n) is 11.8. The highest BCUT2D eigenvalue weighted by molar-refractivity contribution is 5.76. The maximum absolute atomic E-state index is 11.9. The summed E-state index contributed by atoms with van der Waals surface area (Å²) in [6.45, 7) is 1.99. The molecule has 1 aromatic heterocycles. The molecule has 3 heteroatoms. The smallest absolute Gasteiger partial charge is 0.220 e. The lowest BCUT2D eigenvalue weighted by Gasteiger charge is -2.14. The Bertz CT molecular complexity index is 525. The van der Waals surface area contributed by atoms with Crippen LogP contribution in [0.2, 0.25) is 0 Å². The third-order valence-electron chi connectivity index (χ3n) is 3.30. The molecule has 0 aliphatic rings. The first-order valence-corrected chi connectivity index (χ1v) is 6.99. The summed E-state index contributed by atoms with van der Waals surface area (Å²) < 4.78 is 0. The Morgan fingerprint density at radius 1 is 1.15 bits per heavy atom. The van der Waals surface area contributed by atoms with Gasteiger partial charge in [-0.2, -0.15) is 0 Å². The number of amides is 1. The Kier molecular flexibility index (Phi) is 5.30. The Balaban J connectivity index is 1.73. The first-order valence-electron chi connectivity index (χ1n) is 6.99. The van der Waals surface area contributed by atoms with Gasteiger partial charge in [-0.3, -0.25) is 9.78 Å². The Hall–Kier alpha value is -2.16. The Morgan fingerprint density at radius 2 is 1.85 bits per heavy atom. The predicted molar refractivity (Wildman–Crippen MR) is 80.2 cm³/mol. The number of aromatic nitrogens is 1. The van der Waals surface area contributed by atoms with Gasteiger partial charge in [0.05, 0.1) is 6.04 Å². The van der Waals surface area contributed by atoms with Gasteiger partial charge in [0.1, 0.15) is 0 Å². The van der Waals surface area contributed by atoms with Gasteiger partial charge in [0.25, 0.3) is 0 Å². The molecule has 0 saturated heterocycles. The molecule has 0 bridgehead atoms. The lowest BCUT2D eigenvalue weighted by molar-refractivity contribution is -0.121. The second kappa shape index (κ2) is 7.43. The van der Waals surface area contributed by atoms with E-state index in [1.165, 1.54) is 5.56 Å². The van der Waals surface area contributed by atoms with E-state index in [9.17, 15) is 4.79 Å². The minimum atomic E-state index is 0.0298. The van der Waals surface area contributed by atoms with E-state index in [-0.39, 0.29) is 11.9 Å². The third kappa shape index (κ3) is 4.50. The minimum absolute atomic E-state index is 0.0298. The van der Waals surface area contributed by atoms with Crippen LogP contribution in [0.1, 0.15) is 36.9 Å². The van der Waals surface area contributed by atoms with Crippen LogP contribution in [-0.4, -0.2) is 10.9 Å². The molecule has 0 saturated carbocycles. The number of rotatable bonds is 6. The second-order valence-electron chi connectivity index (χ2n) is 4.91. The zero-order chi connectivity index (χ0) is 14.2. The number of carbonyl (C=O) groups excluding carboxylic acids is 1. The van der Waals surface area contributed by atoms with Gasteiger partial charge in [-0.15, -0.1) is 0 Å². The zero-order valence-corrected chi connectivity index (χ0v) is 11.8. The molecule has 1 atom stereocenters. The molecular weight excluding hydrogens is 248 g/mol. The van der Waals surface area contributed by atoms with Gasteiger partial charge < -0.3 is 5.32 Å². The number of carbonyl (C=O) groups is 1. The number of nitrogens with zero attached hydrogens (tertiary/aromatic N) is 1. The number of hydrogen-bond donors (Lipinski definition) is 1. The molecule has 2 rings (SSSR count). The fourth-order valence-corrected chi connectivity index (χ4v) is 2.15. The molecular formula is C17H20N2O. The predicted octanol–water partition coefficient (Wildman–Crippen LogP) is 3.28. The van der Waals surface area contributed by atoms with Gasteiger partial charge in [0.15, 0.2) is 0 Å². The van der Waals surface area contributed by atoms with Crippen LogP contribution < -0.4 is 5.32 Å². The van der Waals surface area contributed by atoms with E-state index < -0.39 is 0 Å². The van der Waals surface area contributed by atoms with Gasteiger partial charge in [-0.05, 0) is 43.0 Å². The SMILES string of the molecule is C[C@@H](NC(=O)CCCc1ccccc1)c1ccncc1. The molecule has 0 fully saturated rings. The number of hydrogen-bond acceptors (Lipinski definition) is 2. The number of pyridine rings is 1. The number of benzene rings is 1. The summed E-state index contributed by atoms with van der Waals surface area (Å²) >= 11 is 0. The molecule has 0 radical (unpaired) electrons. The first-order chi connectivity index (χ1) is 9.75. The molecule has 0 unspecified atom stereocenters. The van der Waals surface area contributed by atoms with Crippen LogP contribution in [0.15, 0.2) is 54.9 Å². The average molecular weight is 268 g/mol. The van der Waals surface area contributed by atoms with E-state index >= 15 is 0 Å². The topological polar surface area (TPSA) is 42.0 Å². The maximum atomic E-state index is 11.9. The molecule has 2 aromatic rings. The quantitative estimate of drug-likeness (QED) is 0.873. The van der Waals surface area contributed by atoms with Crippen LogP contribution in [0.4, 0.5) is 0 Å². The van der Waals surface area contributed by atoms with Crippen LogP contribution in [0.3, 0.4) is 0 Å². The monoisotopic (exact) mass is 268 g/mol. The Morgan fingerprint density at radius 3 is 2.55 bits per heavy atom. The number of nitrogens with one attached hydrogen (secondary N) is 1. The first kappa shape index (κ1) is 14.3. The molecule has 104 valence electrons. The fraction of sp³-hybridized carbons (Fsp3) is 0.294. The van der Waals surface area contributed by atoms with Crippen LogP contribution in [0.25, 0.3) is 0 Å². The highest BCUT2D eigenvalue weighted by Crippen LogP contribution is 2.11.